The van der Waals surface area contributed by atoms with Crippen LogP contribution in [0.4, 0.5) is 0 Å². The molecule has 0 amide bonds. The average molecular weight is 244 g/mol. The summed E-state index contributed by atoms with van der Waals surface area (Å²) in [5.74, 6) is -0.851. The maximum Gasteiger partial charge on any atom is 0.322 e. The van der Waals surface area contributed by atoms with Crippen LogP contribution in [0.3, 0.4) is 0 Å². The molecular weight excluding hydrogens is 230 g/mol. The van der Waals surface area contributed by atoms with Gasteiger partial charge in [0.05, 0.1) is 17.3 Å². The first-order chi connectivity index (χ1) is 7.56. The van der Waals surface area contributed by atoms with Gasteiger partial charge < -0.3 is 10.4 Å². The number of nitrogens with one attached hydrogen (secondary N) is 1. The fourth-order valence-electron chi connectivity index (χ4n) is 1.51. The van der Waals surface area contributed by atoms with Gasteiger partial charge in [-0.25, -0.2) is 0 Å². The third-order valence-electron chi connectivity index (χ3n) is 2.57. The summed E-state index contributed by atoms with van der Waals surface area (Å²) in [5.41, 5.74) is 0.720. The predicted molar refractivity (Wildman–Crippen MR) is 59.6 cm³/mol. The number of aliphatic carboxylic acids is 1. The summed E-state index contributed by atoms with van der Waals surface area (Å²) in [4.78, 5) is 11.0. The summed E-state index contributed by atoms with van der Waals surface area (Å²) < 4.78 is 1.58. The molecule has 1 fully saturated rings. The Morgan fingerprint density at radius 2 is 2.50 bits per heavy atom. The topological polar surface area (TPSA) is 67.2 Å². The molecule has 88 valence electrons. The summed E-state index contributed by atoms with van der Waals surface area (Å²) in [6.07, 6.45) is 3.77. The van der Waals surface area contributed by atoms with Crippen molar-refractivity contribution >= 4 is 17.6 Å². The van der Waals surface area contributed by atoms with Crippen molar-refractivity contribution in [3.63, 3.8) is 0 Å². The lowest BCUT2D eigenvalue weighted by Gasteiger charge is -2.13. The molecule has 2 rings (SSSR count). The zero-order valence-electron chi connectivity index (χ0n) is 8.98. The van der Waals surface area contributed by atoms with Crippen molar-refractivity contribution < 1.29 is 9.90 Å². The maximum absolute atomic E-state index is 11.0. The number of hydrogen-bond donors (Lipinski definition) is 2. The predicted octanol–water partition coefficient (Wildman–Crippen LogP) is 1.05. The molecule has 0 radical (unpaired) electrons. The second-order valence-corrected chi connectivity index (χ2v) is 4.52. The molecule has 1 atom stereocenters. The normalized spacial score (nSPS) is 17.4. The Morgan fingerprint density at radius 3 is 2.94 bits per heavy atom. The van der Waals surface area contributed by atoms with Gasteiger partial charge in [-0.3, -0.25) is 9.48 Å². The van der Waals surface area contributed by atoms with Gasteiger partial charge in [-0.2, -0.15) is 5.10 Å². The van der Waals surface area contributed by atoms with Crippen molar-refractivity contribution in [1.29, 1.82) is 0 Å². The smallest absolute Gasteiger partial charge is 0.322 e. The number of carboxylic acids is 1. The number of hydrogen-bond acceptors (Lipinski definition) is 3. The first-order valence-electron chi connectivity index (χ1n) is 5.24. The molecule has 0 spiro atoms. The molecule has 6 heteroatoms. The summed E-state index contributed by atoms with van der Waals surface area (Å²) in [6, 6.07) is -0.240. The minimum atomic E-state index is -0.851. The Hall–Kier alpha value is -1.07. The molecule has 0 saturated heterocycles. The summed E-state index contributed by atoms with van der Waals surface area (Å²) in [5, 5.41) is 16.8. The number of nitrogens with zero attached hydrogens (tertiary/aromatic N) is 2. The molecule has 5 nitrogen and oxygen atoms in total. The van der Waals surface area contributed by atoms with E-state index in [1.807, 2.05) is 0 Å². The van der Waals surface area contributed by atoms with Crippen LogP contribution in [0.5, 0.6) is 0 Å². The molecule has 0 aliphatic heterocycles. The Kier molecular flexibility index (Phi) is 3.16. The summed E-state index contributed by atoms with van der Waals surface area (Å²) in [6.45, 7) is 2.10. The lowest BCUT2D eigenvalue weighted by Crippen LogP contribution is -2.41. The van der Waals surface area contributed by atoms with E-state index in [9.17, 15) is 4.79 Å². The Bertz CT molecular complexity index is 381. The van der Waals surface area contributed by atoms with Crippen LogP contribution >= 0.6 is 11.6 Å². The Morgan fingerprint density at radius 1 is 1.81 bits per heavy atom. The average Bonchev–Trinajstić information content (AvgIpc) is 2.94. The van der Waals surface area contributed by atoms with E-state index in [4.69, 9.17) is 16.7 Å². The molecule has 1 aliphatic carbocycles. The Labute approximate surface area is 98.4 Å². The zero-order chi connectivity index (χ0) is 11.7. The van der Waals surface area contributed by atoms with Crippen LogP contribution in [0, 0.1) is 6.92 Å². The highest BCUT2D eigenvalue weighted by atomic mass is 35.5. The van der Waals surface area contributed by atoms with E-state index in [1.54, 1.807) is 17.8 Å². The number of aryl methyl sites for hydroxylation is 1. The molecule has 1 heterocycles. The number of carbonyl (C=O) groups is 1. The molecule has 0 bridgehead atoms. The molecule has 2 N–H and O–H groups in total. The van der Waals surface area contributed by atoms with E-state index in [2.05, 4.69) is 10.4 Å². The minimum Gasteiger partial charge on any atom is -0.480 e. The van der Waals surface area contributed by atoms with Gasteiger partial charge in [0.2, 0.25) is 0 Å². The third kappa shape index (κ3) is 2.74. The molecule has 1 aromatic heterocycles. The lowest BCUT2D eigenvalue weighted by atomic mass is 10.3. The van der Waals surface area contributed by atoms with Gasteiger partial charge in [0, 0.05) is 12.2 Å². The molecule has 16 heavy (non-hydrogen) atoms. The number of rotatable bonds is 5. The SMILES string of the molecule is Cc1nn(CC(NC2CC2)C(=O)O)cc1Cl. The van der Waals surface area contributed by atoms with Gasteiger partial charge in [-0.1, -0.05) is 11.6 Å². The van der Waals surface area contributed by atoms with Gasteiger partial charge in [-0.05, 0) is 19.8 Å². The largest absolute Gasteiger partial charge is 0.480 e. The van der Waals surface area contributed by atoms with Crippen LogP contribution in [0.1, 0.15) is 18.5 Å². The van der Waals surface area contributed by atoms with Gasteiger partial charge in [0.25, 0.3) is 0 Å². The van der Waals surface area contributed by atoms with E-state index in [0.717, 1.165) is 18.5 Å². The van der Waals surface area contributed by atoms with Crippen molar-refractivity contribution in [2.45, 2.75) is 38.4 Å². The molecular formula is C10H14ClN3O2. The highest BCUT2D eigenvalue weighted by Crippen LogP contribution is 2.20. The Balaban J connectivity index is 2.01. The van der Waals surface area contributed by atoms with Gasteiger partial charge in [-0.15, -0.1) is 0 Å². The van der Waals surface area contributed by atoms with Crippen LogP contribution < -0.4 is 5.32 Å². The zero-order valence-corrected chi connectivity index (χ0v) is 9.74. The standard InChI is InChI=1S/C10H14ClN3O2/c1-6-8(11)4-14(13-6)5-9(10(15)16)12-7-2-3-7/h4,7,9,12H,2-3,5H2,1H3,(H,15,16). The van der Waals surface area contributed by atoms with Gasteiger partial charge >= 0.3 is 5.97 Å². The van der Waals surface area contributed by atoms with Crippen molar-refractivity contribution in [1.82, 2.24) is 15.1 Å². The van der Waals surface area contributed by atoms with Crippen molar-refractivity contribution in [3.8, 4) is 0 Å². The minimum absolute atomic E-state index is 0.305. The fraction of sp³-hybridized carbons (Fsp3) is 0.600. The van der Waals surface area contributed by atoms with E-state index >= 15 is 0 Å². The first-order valence-corrected chi connectivity index (χ1v) is 5.62. The molecule has 1 aliphatic rings. The maximum atomic E-state index is 11.0. The van der Waals surface area contributed by atoms with Crippen molar-refractivity contribution in [2.75, 3.05) is 0 Å². The van der Waals surface area contributed by atoms with E-state index in [1.165, 1.54) is 0 Å². The van der Waals surface area contributed by atoms with E-state index in [-0.39, 0.29) is 0 Å². The number of halogens is 1. The summed E-state index contributed by atoms with van der Waals surface area (Å²) in [7, 11) is 0. The van der Waals surface area contributed by atoms with Crippen LogP contribution in [0.15, 0.2) is 6.20 Å². The summed E-state index contributed by atoms with van der Waals surface area (Å²) >= 11 is 5.86. The van der Waals surface area contributed by atoms with Crippen molar-refractivity contribution in [3.05, 3.63) is 16.9 Å². The highest BCUT2D eigenvalue weighted by molar-refractivity contribution is 6.31. The second kappa shape index (κ2) is 4.43. The van der Waals surface area contributed by atoms with E-state index < -0.39 is 12.0 Å². The highest BCUT2D eigenvalue weighted by Gasteiger charge is 2.28. The van der Waals surface area contributed by atoms with Gasteiger partial charge in [0.1, 0.15) is 6.04 Å². The van der Waals surface area contributed by atoms with Crippen molar-refractivity contribution in [2.24, 2.45) is 0 Å². The lowest BCUT2D eigenvalue weighted by molar-refractivity contribution is -0.140. The van der Waals surface area contributed by atoms with Crippen LogP contribution in [-0.2, 0) is 11.3 Å². The molecule has 1 unspecified atom stereocenters. The fourth-order valence-corrected chi connectivity index (χ4v) is 1.66. The molecule has 0 aromatic carbocycles. The number of carboxylic acid groups (broad SMARTS) is 1. The van der Waals surface area contributed by atoms with Gasteiger partial charge in [0.15, 0.2) is 0 Å². The van der Waals surface area contributed by atoms with Crippen LogP contribution in [0.25, 0.3) is 0 Å². The first kappa shape index (κ1) is 11.4. The van der Waals surface area contributed by atoms with E-state index in [0.29, 0.717) is 17.6 Å². The molecule has 1 aromatic rings. The number of aromatic nitrogens is 2. The molecule has 1 saturated carbocycles. The third-order valence-corrected chi connectivity index (χ3v) is 2.94. The van der Waals surface area contributed by atoms with Crippen LogP contribution in [-0.4, -0.2) is 32.9 Å². The van der Waals surface area contributed by atoms with Crippen LogP contribution in [0.2, 0.25) is 5.02 Å². The quantitative estimate of drug-likeness (QED) is 0.811. The second-order valence-electron chi connectivity index (χ2n) is 4.12. The monoisotopic (exact) mass is 243 g/mol.